The van der Waals surface area contributed by atoms with E-state index >= 15 is 0 Å². The van der Waals surface area contributed by atoms with Gasteiger partial charge in [-0.15, -0.1) is 0 Å². The van der Waals surface area contributed by atoms with Crippen LogP contribution in [-0.4, -0.2) is 35.3 Å². The summed E-state index contributed by atoms with van der Waals surface area (Å²) >= 11 is 0. The number of benzene rings is 1. The van der Waals surface area contributed by atoms with Crippen molar-refractivity contribution >= 4 is 23.5 Å². The van der Waals surface area contributed by atoms with Crippen LogP contribution in [0.5, 0.6) is 0 Å². The average Bonchev–Trinajstić information content (AvgIpc) is 3.35. The molecule has 1 N–H and O–H groups in total. The fraction of sp³-hybridized carbons (Fsp3) is 0.409. The molecule has 2 fully saturated rings. The lowest BCUT2D eigenvalue weighted by Gasteiger charge is -2.35. The molecule has 4 rings (SSSR count). The third-order valence-electron chi connectivity index (χ3n) is 5.83. The zero-order valence-corrected chi connectivity index (χ0v) is 16.5. The number of anilines is 1. The second-order valence-electron chi connectivity index (χ2n) is 7.81. The van der Waals surface area contributed by atoms with Crippen LogP contribution in [0.25, 0.3) is 0 Å². The van der Waals surface area contributed by atoms with Gasteiger partial charge in [0.25, 0.3) is 5.91 Å². The minimum Gasteiger partial charge on any atom is -0.466 e. The van der Waals surface area contributed by atoms with Crippen molar-refractivity contribution in [3.05, 3.63) is 54.5 Å². The maximum Gasteiger partial charge on any atom is 0.325 e. The second-order valence-corrected chi connectivity index (χ2v) is 7.81. The number of nitrogens with one attached hydrogen (secondary N) is 1. The first-order chi connectivity index (χ1) is 14.0. The van der Waals surface area contributed by atoms with Gasteiger partial charge in [-0.05, 0) is 44.0 Å². The van der Waals surface area contributed by atoms with Crippen molar-refractivity contribution in [3.63, 3.8) is 0 Å². The number of para-hydroxylation sites is 1. The van der Waals surface area contributed by atoms with Gasteiger partial charge in [0.05, 0.1) is 6.26 Å². The number of carbonyl (C=O) groups is 3. The lowest BCUT2D eigenvalue weighted by atomic mass is 9.93. The van der Waals surface area contributed by atoms with E-state index < -0.39 is 17.5 Å². The van der Waals surface area contributed by atoms with Crippen molar-refractivity contribution in [1.82, 2.24) is 10.2 Å². The van der Waals surface area contributed by atoms with Gasteiger partial charge in [0.2, 0.25) is 5.91 Å². The molecule has 0 spiro atoms. The molecule has 29 heavy (non-hydrogen) atoms. The summed E-state index contributed by atoms with van der Waals surface area (Å²) in [5, 5.41) is 2.67. The van der Waals surface area contributed by atoms with Crippen LogP contribution in [0.3, 0.4) is 0 Å². The number of nitrogens with zero attached hydrogens (tertiary/aromatic N) is 2. The van der Waals surface area contributed by atoms with Crippen molar-refractivity contribution in [1.29, 1.82) is 0 Å². The van der Waals surface area contributed by atoms with Gasteiger partial charge < -0.3 is 14.6 Å². The van der Waals surface area contributed by atoms with E-state index in [1.807, 2.05) is 30.3 Å². The van der Waals surface area contributed by atoms with E-state index in [1.165, 1.54) is 12.7 Å². The summed E-state index contributed by atoms with van der Waals surface area (Å²) in [5.41, 5.74) is -0.506. The zero-order chi connectivity index (χ0) is 20.4. The molecule has 1 saturated carbocycles. The topological polar surface area (TPSA) is 82.9 Å². The summed E-state index contributed by atoms with van der Waals surface area (Å²) in [6, 6.07) is 12.3. The van der Waals surface area contributed by atoms with Crippen molar-refractivity contribution in [2.24, 2.45) is 0 Å². The van der Waals surface area contributed by atoms with Crippen LogP contribution < -0.4 is 10.2 Å². The van der Waals surface area contributed by atoms with Gasteiger partial charge in [-0.25, -0.2) is 4.79 Å². The summed E-state index contributed by atoms with van der Waals surface area (Å²) in [7, 11) is 0. The Bertz CT molecular complexity index is 890. The molecule has 2 aromatic rings. The van der Waals surface area contributed by atoms with Gasteiger partial charge in [0.15, 0.2) is 5.54 Å². The lowest BCUT2D eigenvalue weighted by Crippen LogP contribution is -2.48. The number of furan rings is 1. The Labute approximate surface area is 169 Å². The van der Waals surface area contributed by atoms with Crippen LogP contribution in [0, 0.1) is 0 Å². The Balaban J connectivity index is 1.57. The van der Waals surface area contributed by atoms with Crippen LogP contribution in [0.15, 0.2) is 53.1 Å². The summed E-state index contributed by atoms with van der Waals surface area (Å²) in [6.07, 6.45) is 6.60. The highest BCUT2D eigenvalue weighted by molar-refractivity contribution is 6.10. The SMILES string of the molecule is C[C@]1(c2ccco2)NC(=O)N(CC(=O)N(c2ccccc2)C2CCCCC2)C1=O. The minimum absolute atomic E-state index is 0.0795. The van der Waals surface area contributed by atoms with Crippen LogP contribution >= 0.6 is 0 Å². The van der Waals surface area contributed by atoms with E-state index in [-0.39, 0.29) is 18.5 Å². The first-order valence-electron chi connectivity index (χ1n) is 10.1. The molecule has 0 radical (unpaired) electrons. The molecule has 1 saturated heterocycles. The summed E-state index contributed by atoms with van der Waals surface area (Å²) in [5.74, 6) is -0.393. The maximum atomic E-state index is 13.3. The highest BCUT2D eigenvalue weighted by Crippen LogP contribution is 2.31. The second kappa shape index (κ2) is 7.73. The first-order valence-corrected chi connectivity index (χ1v) is 10.1. The molecule has 0 bridgehead atoms. The molecule has 7 heteroatoms. The maximum absolute atomic E-state index is 13.3. The van der Waals surface area contributed by atoms with E-state index in [0.717, 1.165) is 36.3 Å². The molecule has 1 aromatic heterocycles. The van der Waals surface area contributed by atoms with Gasteiger partial charge in [-0.3, -0.25) is 14.5 Å². The van der Waals surface area contributed by atoms with Gasteiger partial charge >= 0.3 is 6.03 Å². The molecule has 7 nitrogen and oxygen atoms in total. The van der Waals surface area contributed by atoms with E-state index in [2.05, 4.69) is 5.32 Å². The largest absolute Gasteiger partial charge is 0.466 e. The third kappa shape index (κ3) is 3.52. The van der Waals surface area contributed by atoms with Crippen LogP contribution in [0.2, 0.25) is 0 Å². The van der Waals surface area contributed by atoms with Crippen LogP contribution in [0.1, 0.15) is 44.8 Å². The molecule has 1 aliphatic heterocycles. The van der Waals surface area contributed by atoms with Crippen molar-refractivity contribution in [2.45, 2.75) is 50.6 Å². The molecule has 0 unspecified atom stereocenters. The number of carbonyl (C=O) groups excluding carboxylic acids is 3. The molecule has 4 amide bonds. The third-order valence-corrected chi connectivity index (χ3v) is 5.83. The first kappa shape index (κ1) is 19.2. The monoisotopic (exact) mass is 395 g/mol. The highest BCUT2D eigenvalue weighted by Gasteiger charge is 2.51. The Morgan fingerprint density at radius 1 is 1.14 bits per heavy atom. The number of imide groups is 1. The molecular formula is C22H25N3O4. The molecule has 2 aliphatic rings. The number of hydrogen-bond acceptors (Lipinski definition) is 4. The molecular weight excluding hydrogens is 370 g/mol. The molecule has 2 heterocycles. The zero-order valence-electron chi connectivity index (χ0n) is 16.5. The van der Waals surface area contributed by atoms with Crippen molar-refractivity contribution < 1.29 is 18.8 Å². The molecule has 1 atom stereocenters. The van der Waals surface area contributed by atoms with Gasteiger partial charge in [0, 0.05) is 11.7 Å². The molecule has 1 aliphatic carbocycles. The van der Waals surface area contributed by atoms with Gasteiger partial charge in [-0.2, -0.15) is 0 Å². The number of amides is 4. The molecule has 152 valence electrons. The smallest absolute Gasteiger partial charge is 0.325 e. The van der Waals surface area contributed by atoms with E-state index in [0.29, 0.717) is 5.76 Å². The van der Waals surface area contributed by atoms with Crippen LogP contribution in [-0.2, 0) is 15.1 Å². The Kier molecular flexibility index (Phi) is 5.13. The fourth-order valence-electron chi connectivity index (χ4n) is 4.27. The lowest BCUT2D eigenvalue weighted by molar-refractivity contribution is -0.134. The highest BCUT2D eigenvalue weighted by atomic mass is 16.3. The Hall–Kier alpha value is -3.09. The summed E-state index contributed by atoms with van der Waals surface area (Å²) in [4.78, 5) is 41.6. The van der Waals surface area contributed by atoms with E-state index in [1.54, 1.807) is 24.0 Å². The summed E-state index contributed by atoms with van der Waals surface area (Å²) in [6.45, 7) is 1.29. The Morgan fingerprint density at radius 3 is 2.52 bits per heavy atom. The van der Waals surface area contributed by atoms with Crippen molar-refractivity contribution in [2.75, 3.05) is 11.4 Å². The average molecular weight is 395 g/mol. The predicted octanol–water partition coefficient (Wildman–Crippen LogP) is 3.41. The van der Waals surface area contributed by atoms with Crippen molar-refractivity contribution in [3.8, 4) is 0 Å². The van der Waals surface area contributed by atoms with E-state index in [9.17, 15) is 14.4 Å². The number of hydrogen-bond donors (Lipinski definition) is 1. The standard InChI is InChI=1S/C22H25N3O4/c1-22(18-13-8-14-29-18)20(27)24(21(28)23-22)15-19(26)25(16-9-4-2-5-10-16)17-11-6-3-7-12-17/h2,4-5,8-10,13-14,17H,3,6-7,11-12,15H2,1H3,(H,23,28)/t22-/m1/s1. The number of rotatable bonds is 5. The fourth-order valence-corrected chi connectivity index (χ4v) is 4.27. The summed E-state index contributed by atoms with van der Waals surface area (Å²) < 4.78 is 5.35. The predicted molar refractivity (Wildman–Crippen MR) is 107 cm³/mol. The van der Waals surface area contributed by atoms with Gasteiger partial charge in [-0.1, -0.05) is 37.5 Å². The minimum atomic E-state index is -1.30. The molecule has 1 aromatic carbocycles. The van der Waals surface area contributed by atoms with E-state index in [4.69, 9.17) is 4.42 Å². The normalized spacial score (nSPS) is 22.6. The Morgan fingerprint density at radius 2 is 1.86 bits per heavy atom. The quantitative estimate of drug-likeness (QED) is 0.787. The van der Waals surface area contributed by atoms with Crippen LogP contribution in [0.4, 0.5) is 10.5 Å². The van der Waals surface area contributed by atoms with Gasteiger partial charge in [0.1, 0.15) is 12.3 Å². The number of urea groups is 1.